The van der Waals surface area contributed by atoms with Crippen LogP contribution in [0, 0.1) is 40.4 Å². The van der Waals surface area contributed by atoms with Crippen molar-refractivity contribution in [2.75, 3.05) is 6.54 Å². The predicted octanol–water partition coefficient (Wildman–Crippen LogP) is 2.28. The summed E-state index contributed by atoms with van der Waals surface area (Å²) < 4.78 is 5.93. The Hall–Kier alpha value is -3.18. The third kappa shape index (κ3) is 7.62. The quantitative estimate of drug-likeness (QED) is 0.168. The summed E-state index contributed by atoms with van der Waals surface area (Å²) >= 11 is 0. The topological polar surface area (TPSA) is 177 Å². The lowest BCUT2D eigenvalue weighted by atomic mass is 9.85. The maximum Gasteiger partial charge on any atom is 0.329 e. The van der Waals surface area contributed by atoms with Crippen LogP contribution in [0.2, 0.25) is 0 Å². The van der Waals surface area contributed by atoms with Crippen LogP contribution in [0.3, 0.4) is 0 Å². The lowest BCUT2D eigenvalue weighted by Gasteiger charge is -2.38. The van der Waals surface area contributed by atoms with E-state index in [0.717, 1.165) is 25.7 Å². The standard InChI is InChI=1S/C33H53N5O7/c1-9-10-20(24(39)27(34)40)35-28(41)23-21-19(33(21,7)8)15-38(23)29(42)26(32(4,5)6)37-31(44)36-22(16(2)3)30(43)45-25(17-11-12-17)18-13-14-18/h16-23,25-26H,9-15H2,1-8H3,(H2,34,40)(H,35,41)(H2,36,37,44)/t19-,20?,21-,22-,23-,26+/m0/s1. The molecule has 0 bridgehead atoms. The summed E-state index contributed by atoms with van der Waals surface area (Å²) in [5, 5.41) is 8.26. The molecule has 3 aliphatic carbocycles. The number of Topliss-reactive ketones (excluding diaryl/α,β-unsaturated/α-hetero) is 1. The van der Waals surface area contributed by atoms with Crippen molar-refractivity contribution in [2.45, 2.75) is 124 Å². The Morgan fingerprint density at radius 1 is 0.956 bits per heavy atom. The number of hydrogen-bond donors (Lipinski definition) is 4. The van der Waals surface area contributed by atoms with E-state index in [-0.39, 0.29) is 35.7 Å². The highest BCUT2D eigenvalue weighted by Gasteiger charge is 2.70. The minimum Gasteiger partial charge on any atom is -0.460 e. The Balaban J connectivity index is 1.48. The van der Waals surface area contributed by atoms with Gasteiger partial charge in [-0.25, -0.2) is 9.59 Å². The van der Waals surface area contributed by atoms with Crippen molar-refractivity contribution in [2.24, 2.45) is 46.2 Å². The van der Waals surface area contributed by atoms with E-state index >= 15 is 0 Å². The van der Waals surface area contributed by atoms with Crippen molar-refractivity contribution < 1.29 is 33.5 Å². The summed E-state index contributed by atoms with van der Waals surface area (Å²) in [6.07, 6.45) is 4.89. The molecule has 252 valence electrons. The zero-order chi connectivity index (χ0) is 33.6. The predicted molar refractivity (Wildman–Crippen MR) is 166 cm³/mol. The maximum absolute atomic E-state index is 14.2. The number of amides is 5. The molecular formula is C33H53N5O7. The molecule has 0 aromatic heterocycles. The third-order valence-electron chi connectivity index (χ3n) is 10.2. The Bertz CT molecular complexity index is 1190. The lowest BCUT2D eigenvalue weighted by Crippen LogP contribution is -2.62. The van der Waals surface area contributed by atoms with Gasteiger partial charge in [0.05, 0.1) is 6.04 Å². The molecule has 1 saturated heterocycles. The zero-order valence-electron chi connectivity index (χ0n) is 28.1. The zero-order valence-corrected chi connectivity index (χ0v) is 28.1. The molecule has 0 spiro atoms. The number of rotatable bonds is 14. The number of carbonyl (C=O) groups is 6. The van der Waals surface area contributed by atoms with Gasteiger partial charge in [-0.3, -0.25) is 19.2 Å². The largest absolute Gasteiger partial charge is 0.460 e. The van der Waals surface area contributed by atoms with Gasteiger partial charge in [0.15, 0.2) is 0 Å². The van der Waals surface area contributed by atoms with Gasteiger partial charge in [0.1, 0.15) is 24.2 Å². The van der Waals surface area contributed by atoms with E-state index in [2.05, 4.69) is 16.0 Å². The molecule has 0 aromatic carbocycles. The van der Waals surface area contributed by atoms with Gasteiger partial charge in [-0.15, -0.1) is 0 Å². The maximum atomic E-state index is 14.2. The normalized spacial score (nSPS) is 25.6. The van der Waals surface area contributed by atoms with Gasteiger partial charge in [0, 0.05) is 6.54 Å². The molecule has 0 radical (unpaired) electrons. The van der Waals surface area contributed by atoms with Crippen molar-refractivity contribution in [1.29, 1.82) is 0 Å². The van der Waals surface area contributed by atoms with E-state index in [4.69, 9.17) is 10.5 Å². The van der Waals surface area contributed by atoms with Crippen LogP contribution in [0.5, 0.6) is 0 Å². The Morgan fingerprint density at radius 3 is 2.00 bits per heavy atom. The van der Waals surface area contributed by atoms with Gasteiger partial charge in [0.2, 0.25) is 17.6 Å². The Morgan fingerprint density at radius 2 is 1.53 bits per heavy atom. The van der Waals surface area contributed by atoms with Gasteiger partial charge < -0.3 is 31.3 Å². The van der Waals surface area contributed by atoms with Crippen molar-refractivity contribution in [3.63, 3.8) is 0 Å². The van der Waals surface area contributed by atoms with Crippen LogP contribution in [-0.2, 0) is 28.7 Å². The van der Waals surface area contributed by atoms with Crippen LogP contribution < -0.4 is 21.7 Å². The summed E-state index contributed by atoms with van der Waals surface area (Å²) in [6.45, 7) is 15.3. The molecule has 4 aliphatic rings. The second-order valence-electron chi connectivity index (χ2n) is 15.7. The Labute approximate surface area is 266 Å². The number of ether oxygens (including phenoxy) is 1. The molecule has 3 saturated carbocycles. The number of fused-ring (bicyclic) bond motifs is 1. The molecule has 4 fully saturated rings. The van der Waals surface area contributed by atoms with Crippen LogP contribution in [0.25, 0.3) is 0 Å². The van der Waals surface area contributed by atoms with Gasteiger partial charge in [-0.1, -0.05) is 61.8 Å². The van der Waals surface area contributed by atoms with E-state index in [1.165, 1.54) is 4.90 Å². The third-order valence-corrected chi connectivity index (χ3v) is 10.2. The number of piperidine rings is 1. The molecule has 4 rings (SSSR count). The number of carbonyl (C=O) groups excluding carboxylic acids is 6. The SMILES string of the molecule is CCCC(NC(=O)[C@@H]1[C@@H]2[C@H](CN1C(=O)[C@@H](NC(=O)N[C@H](C(=O)OC(C1CC1)C1CC1)C(C)C)C(C)(C)C)C2(C)C)C(=O)C(N)=O. The molecule has 5 N–H and O–H groups in total. The Kier molecular flexibility index (Phi) is 9.95. The number of likely N-dealkylation sites (tertiary alicyclic amines) is 1. The number of primary amides is 1. The first-order valence-corrected chi connectivity index (χ1v) is 16.6. The van der Waals surface area contributed by atoms with Gasteiger partial charge in [0.25, 0.3) is 5.91 Å². The summed E-state index contributed by atoms with van der Waals surface area (Å²) in [6, 6.07) is -4.55. The summed E-state index contributed by atoms with van der Waals surface area (Å²) in [5.41, 5.74) is 4.29. The van der Waals surface area contributed by atoms with Crippen molar-refractivity contribution in [3.8, 4) is 0 Å². The van der Waals surface area contributed by atoms with E-state index in [1.807, 2.05) is 55.4 Å². The highest BCUT2D eigenvalue weighted by atomic mass is 16.5. The van der Waals surface area contributed by atoms with Crippen molar-refractivity contribution in [3.05, 3.63) is 0 Å². The van der Waals surface area contributed by atoms with Crippen LogP contribution >= 0.6 is 0 Å². The smallest absolute Gasteiger partial charge is 0.329 e. The molecular weight excluding hydrogens is 578 g/mol. The number of urea groups is 1. The minimum absolute atomic E-state index is 0.0640. The van der Waals surface area contributed by atoms with Crippen LogP contribution in [-0.4, -0.2) is 77.2 Å². The fourth-order valence-electron chi connectivity index (χ4n) is 7.06. The first-order valence-electron chi connectivity index (χ1n) is 16.6. The van der Waals surface area contributed by atoms with Gasteiger partial charge in [-0.05, 0) is 72.5 Å². The van der Waals surface area contributed by atoms with Crippen LogP contribution in [0.15, 0.2) is 0 Å². The van der Waals surface area contributed by atoms with Crippen LogP contribution in [0.4, 0.5) is 4.79 Å². The molecule has 6 atom stereocenters. The molecule has 0 aromatic rings. The molecule has 12 heteroatoms. The van der Waals surface area contributed by atoms with Gasteiger partial charge in [-0.2, -0.15) is 0 Å². The van der Waals surface area contributed by atoms with E-state index in [1.54, 1.807) is 0 Å². The first-order chi connectivity index (χ1) is 20.9. The van der Waals surface area contributed by atoms with Crippen LogP contribution in [0.1, 0.15) is 93.9 Å². The monoisotopic (exact) mass is 631 g/mol. The van der Waals surface area contributed by atoms with E-state index in [0.29, 0.717) is 24.8 Å². The minimum atomic E-state index is -1.13. The first kappa shape index (κ1) is 34.7. The molecule has 1 heterocycles. The molecule has 1 aliphatic heterocycles. The number of esters is 1. The summed E-state index contributed by atoms with van der Waals surface area (Å²) in [7, 11) is 0. The fourth-order valence-corrected chi connectivity index (χ4v) is 7.06. The molecule has 45 heavy (non-hydrogen) atoms. The van der Waals surface area contributed by atoms with Crippen molar-refractivity contribution >= 4 is 35.5 Å². The van der Waals surface area contributed by atoms with E-state index < -0.39 is 65.1 Å². The molecule has 12 nitrogen and oxygen atoms in total. The molecule has 1 unspecified atom stereocenters. The van der Waals surface area contributed by atoms with Gasteiger partial charge >= 0.3 is 12.0 Å². The average Bonchev–Trinajstić information content (AvgIpc) is 3.88. The second kappa shape index (κ2) is 12.9. The number of nitrogens with zero attached hydrogens (tertiary/aromatic N) is 1. The highest BCUT2D eigenvalue weighted by molar-refractivity contribution is 6.37. The number of hydrogen-bond acceptors (Lipinski definition) is 7. The lowest BCUT2D eigenvalue weighted by molar-refractivity contribution is -0.155. The number of ketones is 1. The average molecular weight is 632 g/mol. The molecule has 5 amide bonds. The highest BCUT2D eigenvalue weighted by Crippen LogP contribution is 2.65. The summed E-state index contributed by atoms with van der Waals surface area (Å²) in [5.74, 6) is -2.94. The van der Waals surface area contributed by atoms with Crippen molar-refractivity contribution in [1.82, 2.24) is 20.9 Å². The second-order valence-corrected chi connectivity index (χ2v) is 15.7. The number of nitrogens with two attached hydrogens (primary N) is 1. The summed E-state index contributed by atoms with van der Waals surface area (Å²) in [4.78, 5) is 80.1. The van der Waals surface area contributed by atoms with E-state index in [9.17, 15) is 28.8 Å². The number of nitrogens with one attached hydrogen (secondary N) is 3. The fraction of sp³-hybridized carbons (Fsp3) is 0.818.